The molecule has 3 nitrogen and oxygen atoms in total. The summed E-state index contributed by atoms with van der Waals surface area (Å²) >= 11 is 0. The summed E-state index contributed by atoms with van der Waals surface area (Å²) in [6, 6.07) is 2.46. The van der Waals surface area contributed by atoms with Crippen LogP contribution >= 0.6 is 0 Å². The number of nitrogens with zero attached hydrogens (tertiary/aromatic N) is 1. The van der Waals surface area contributed by atoms with E-state index >= 15 is 0 Å². The van der Waals surface area contributed by atoms with Crippen LogP contribution in [0.15, 0.2) is 24.3 Å². The molecule has 1 spiro atoms. The van der Waals surface area contributed by atoms with Crippen LogP contribution in [0.25, 0.3) is 0 Å². The highest BCUT2D eigenvalue weighted by molar-refractivity contribution is 6.69. The standard InChI is InChI=1S/C15H21NO2Si/c1-10-11(2)15-12(8-13(10)17-15)6-7-14(15,9-16)18-19(3,4)5/h12-13H,1-2,6-8H2,3-5H3/t12-,13+,14?,15+/m0/s1. The number of rotatable bonds is 2. The fourth-order valence-electron chi connectivity index (χ4n) is 4.12. The van der Waals surface area contributed by atoms with Crippen molar-refractivity contribution in [2.45, 2.75) is 56.2 Å². The minimum atomic E-state index is -1.85. The number of ether oxygens (including phenoxy) is 1. The maximum atomic E-state index is 9.84. The van der Waals surface area contributed by atoms with Crippen LogP contribution in [0.3, 0.4) is 0 Å². The molecule has 2 bridgehead atoms. The lowest BCUT2D eigenvalue weighted by Crippen LogP contribution is -2.57. The van der Waals surface area contributed by atoms with Crippen molar-refractivity contribution in [2.24, 2.45) is 5.92 Å². The molecule has 4 heteroatoms. The molecule has 0 N–H and O–H groups in total. The first kappa shape index (κ1) is 13.1. The second kappa shape index (κ2) is 3.60. The lowest BCUT2D eigenvalue weighted by Gasteiger charge is -2.43. The van der Waals surface area contributed by atoms with Gasteiger partial charge >= 0.3 is 0 Å². The topological polar surface area (TPSA) is 42.2 Å². The van der Waals surface area contributed by atoms with Crippen molar-refractivity contribution < 1.29 is 9.16 Å². The summed E-state index contributed by atoms with van der Waals surface area (Å²) in [5.74, 6) is 0.367. The quantitative estimate of drug-likeness (QED) is 0.727. The largest absolute Gasteiger partial charge is 0.397 e. The predicted octanol–water partition coefficient (Wildman–Crippen LogP) is 3.16. The molecule has 0 amide bonds. The van der Waals surface area contributed by atoms with Crippen LogP contribution in [0.4, 0.5) is 0 Å². The molecule has 0 radical (unpaired) electrons. The Hall–Kier alpha value is -0.893. The van der Waals surface area contributed by atoms with E-state index in [1.54, 1.807) is 0 Å². The Bertz CT molecular complexity index is 515. The number of nitriles is 1. The maximum absolute atomic E-state index is 9.84. The predicted molar refractivity (Wildman–Crippen MR) is 76.0 cm³/mol. The third kappa shape index (κ3) is 1.44. The summed E-state index contributed by atoms with van der Waals surface area (Å²) in [6.07, 6.45) is 2.75. The lowest BCUT2D eigenvalue weighted by atomic mass is 9.71. The molecule has 2 heterocycles. The highest BCUT2D eigenvalue weighted by atomic mass is 28.4. The summed E-state index contributed by atoms with van der Waals surface area (Å²) in [7, 11) is -1.85. The molecule has 2 aliphatic heterocycles. The molecule has 19 heavy (non-hydrogen) atoms. The third-order valence-corrected chi connectivity index (χ3v) is 5.69. The molecule has 0 aromatic rings. The fourth-order valence-corrected chi connectivity index (χ4v) is 5.47. The molecule has 3 fully saturated rings. The SMILES string of the molecule is C=C1C(=C)[C@@]23O[C@@H]1C[C@@H]2CCC3(C#N)O[Si](C)(C)C. The van der Waals surface area contributed by atoms with Crippen LogP contribution in [-0.4, -0.2) is 25.6 Å². The highest BCUT2D eigenvalue weighted by Gasteiger charge is 2.73. The van der Waals surface area contributed by atoms with Gasteiger partial charge in [0, 0.05) is 0 Å². The van der Waals surface area contributed by atoms with Crippen LogP contribution < -0.4 is 0 Å². The Kier molecular flexibility index (Phi) is 2.48. The van der Waals surface area contributed by atoms with Gasteiger partial charge in [0.15, 0.2) is 13.9 Å². The zero-order chi connectivity index (χ0) is 14.1. The second-order valence-corrected chi connectivity index (χ2v) is 11.4. The van der Waals surface area contributed by atoms with E-state index < -0.39 is 19.5 Å². The van der Waals surface area contributed by atoms with Crippen LogP contribution in [0.5, 0.6) is 0 Å². The molecule has 4 atom stereocenters. The van der Waals surface area contributed by atoms with E-state index in [0.717, 1.165) is 30.4 Å². The van der Waals surface area contributed by atoms with Crippen molar-refractivity contribution in [3.8, 4) is 6.07 Å². The van der Waals surface area contributed by atoms with Gasteiger partial charge in [0.1, 0.15) is 11.7 Å². The van der Waals surface area contributed by atoms with E-state index in [1.807, 2.05) is 0 Å². The van der Waals surface area contributed by atoms with Gasteiger partial charge in [-0.25, -0.2) is 0 Å². The van der Waals surface area contributed by atoms with Crippen molar-refractivity contribution in [1.82, 2.24) is 0 Å². The average molecular weight is 275 g/mol. The van der Waals surface area contributed by atoms with Gasteiger partial charge in [-0.2, -0.15) is 5.26 Å². The van der Waals surface area contributed by atoms with Crippen molar-refractivity contribution in [3.63, 3.8) is 0 Å². The van der Waals surface area contributed by atoms with E-state index in [1.165, 1.54) is 0 Å². The molecule has 1 saturated carbocycles. The normalized spacial score (nSPS) is 44.5. The van der Waals surface area contributed by atoms with Crippen LogP contribution in [0.1, 0.15) is 19.3 Å². The van der Waals surface area contributed by atoms with Crippen molar-refractivity contribution in [3.05, 3.63) is 24.3 Å². The fraction of sp³-hybridized carbons (Fsp3) is 0.667. The van der Waals surface area contributed by atoms with Crippen LogP contribution in [0.2, 0.25) is 19.6 Å². The van der Waals surface area contributed by atoms with E-state index in [-0.39, 0.29) is 6.10 Å². The Labute approximate surface area is 116 Å². The average Bonchev–Trinajstić information content (AvgIpc) is 2.89. The summed E-state index contributed by atoms with van der Waals surface area (Å²) in [5.41, 5.74) is 0.403. The lowest BCUT2D eigenvalue weighted by molar-refractivity contribution is -0.0838. The summed E-state index contributed by atoms with van der Waals surface area (Å²) < 4.78 is 12.6. The van der Waals surface area contributed by atoms with Gasteiger partial charge in [-0.3, -0.25) is 0 Å². The first-order valence-corrected chi connectivity index (χ1v) is 10.3. The Morgan fingerprint density at radius 3 is 2.63 bits per heavy atom. The first-order chi connectivity index (χ1) is 8.76. The Morgan fingerprint density at radius 1 is 1.42 bits per heavy atom. The first-order valence-electron chi connectivity index (χ1n) is 6.93. The third-order valence-electron chi connectivity index (χ3n) is 4.73. The number of hydrogen-bond donors (Lipinski definition) is 0. The van der Waals surface area contributed by atoms with Crippen LogP contribution in [-0.2, 0) is 9.16 Å². The summed E-state index contributed by atoms with van der Waals surface area (Å²) in [5, 5.41) is 9.84. The van der Waals surface area contributed by atoms with Crippen molar-refractivity contribution >= 4 is 8.32 Å². The minimum absolute atomic E-state index is 0.0516. The molecular weight excluding hydrogens is 254 g/mol. The van der Waals surface area contributed by atoms with Gasteiger partial charge in [0.05, 0.1) is 6.10 Å². The zero-order valence-corrected chi connectivity index (χ0v) is 13.0. The van der Waals surface area contributed by atoms with Crippen LogP contribution in [0, 0.1) is 17.2 Å². The Balaban J connectivity index is 2.10. The monoisotopic (exact) mass is 275 g/mol. The number of fused-ring (bicyclic) bond motifs is 1. The van der Waals surface area contributed by atoms with Gasteiger partial charge in [-0.1, -0.05) is 13.2 Å². The molecular formula is C15H21NO2Si. The van der Waals surface area contributed by atoms with Gasteiger partial charge < -0.3 is 9.16 Å². The molecule has 102 valence electrons. The van der Waals surface area contributed by atoms with Gasteiger partial charge in [0.2, 0.25) is 0 Å². The van der Waals surface area contributed by atoms with E-state index in [9.17, 15) is 5.26 Å². The molecule has 1 unspecified atom stereocenters. The number of hydrogen-bond acceptors (Lipinski definition) is 3. The van der Waals surface area contributed by atoms with E-state index in [2.05, 4.69) is 38.9 Å². The summed E-state index contributed by atoms with van der Waals surface area (Å²) in [6.45, 7) is 14.6. The smallest absolute Gasteiger partial charge is 0.186 e. The van der Waals surface area contributed by atoms with Crippen molar-refractivity contribution in [2.75, 3.05) is 0 Å². The molecule has 2 saturated heterocycles. The van der Waals surface area contributed by atoms with Crippen molar-refractivity contribution in [1.29, 1.82) is 5.26 Å². The van der Waals surface area contributed by atoms with Gasteiger partial charge in [0.25, 0.3) is 0 Å². The zero-order valence-electron chi connectivity index (χ0n) is 12.0. The molecule has 0 aromatic carbocycles. The minimum Gasteiger partial charge on any atom is -0.397 e. The highest BCUT2D eigenvalue weighted by Crippen LogP contribution is 2.65. The Morgan fingerprint density at radius 2 is 2.11 bits per heavy atom. The van der Waals surface area contributed by atoms with Gasteiger partial charge in [-0.05, 0) is 56.0 Å². The van der Waals surface area contributed by atoms with Gasteiger partial charge in [-0.15, -0.1) is 0 Å². The maximum Gasteiger partial charge on any atom is 0.186 e. The summed E-state index contributed by atoms with van der Waals surface area (Å²) in [4.78, 5) is 0. The van der Waals surface area contributed by atoms with E-state index in [0.29, 0.717) is 5.92 Å². The molecule has 1 aliphatic carbocycles. The molecule has 0 aromatic heterocycles. The molecule has 3 rings (SSSR count). The second-order valence-electron chi connectivity index (χ2n) is 6.97. The molecule has 3 aliphatic rings. The van der Waals surface area contributed by atoms with E-state index in [4.69, 9.17) is 9.16 Å².